The SMILES string of the molecule is COc1ccnc([C]=S)c1O. The van der Waals surface area contributed by atoms with E-state index in [0.29, 0.717) is 5.75 Å². The van der Waals surface area contributed by atoms with E-state index in [2.05, 4.69) is 22.6 Å². The van der Waals surface area contributed by atoms with Gasteiger partial charge in [0.2, 0.25) is 0 Å². The second kappa shape index (κ2) is 3.30. The van der Waals surface area contributed by atoms with Crippen molar-refractivity contribution >= 4 is 17.6 Å². The number of hydrogen-bond acceptors (Lipinski definition) is 4. The maximum atomic E-state index is 9.27. The topological polar surface area (TPSA) is 42.4 Å². The van der Waals surface area contributed by atoms with Gasteiger partial charge in [0.05, 0.1) is 12.5 Å². The van der Waals surface area contributed by atoms with Crippen LogP contribution in [0, 0.1) is 0 Å². The molecule has 0 aromatic carbocycles. The molecule has 1 rings (SSSR count). The summed E-state index contributed by atoms with van der Waals surface area (Å²) in [5, 5.41) is 11.6. The first kappa shape index (κ1) is 7.94. The first-order chi connectivity index (χ1) is 5.29. The minimum atomic E-state index is -0.0648. The van der Waals surface area contributed by atoms with E-state index < -0.39 is 0 Å². The van der Waals surface area contributed by atoms with Gasteiger partial charge < -0.3 is 9.84 Å². The van der Waals surface area contributed by atoms with Crippen LogP contribution in [0.4, 0.5) is 0 Å². The standard InChI is InChI=1S/C7H6NO2S/c1-10-6-2-3-8-5(4-11)7(6)9/h2-3,9H,1H3. The molecular formula is C7H6NO2S. The van der Waals surface area contributed by atoms with Gasteiger partial charge >= 0.3 is 0 Å². The Morgan fingerprint density at radius 1 is 1.73 bits per heavy atom. The van der Waals surface area contributed by atoms with Crippen molar-refractivity contribution < 1.29 is 9.84 Å². The molecular weight excluding hydrogens is 162 g/mol. The number of ether oxygens (including phenoxy) is 1. The van der Waals surface area contributed by atoms with Gasteiger partial charge in [-0.15, -0.1) is 0 Å². The molecule has 0 unspecified atom stereocenters. The Hall–Kier alpha value is -1.16. The van der Waals surface area contributed by atoms with E-state index in [0.717, 1.165) is 0 Å². The molecule has 1 aromatic heterocycles. The Labute approximate surface area is 69.6 Å². The number of pyridine rings is 1. The Kier molecular flexibility index (Phi) is 2.38. The lowest BCUT2D eigenvalue weighted by atomic mass is 10.3. The molecule has 0 fully saturated rings. The van der Waals surface area contributed by atoms with E-state index in [4.69, 9.17) is 4.74 Å². The first-order valence-electron chi connectivity index (χ1n) is 2.89. The molecule has 4 heteroatoms. The maximum Gasteiger partial charge on any atom is 0.185 e. The second-order valence-corrected chi connectivity index (χ2v) is 2.02. The van der Waals surface area contributed by atoms with Gasteiger partial charge in [-0.1, -0.05) is 12.2 Å². The summed E-state index contributed by atoms with van der Waals surface area (Å²) in [5.74, 6) is 0.289. The molecule has 0 bridgehead atoms. The largest absolute Gasteiger partial charge is 0.503 e. The zero-order chi connectivity index (χ0) is 8.27. The highest BCUT2D eigenvalue weighted by Crippen LogP contribution is 2.26. The summed E-state index contributed by atoms with van der Waals surface area (Å²) < 4.78 is 4.81. The molecule has 0 spiro atoms. The van der Waals surface area contributed by atoms with Crippen LogP contribution in [0.5, 0.6) is 11.5 Å². The molecule has 0 aliphatic carbocycles. The molecule has 57 valence electrons. The Morgan fingerprint density at radius 2 is 2.45 bits per heavy atom. The van der Waals surface area contributed by atoms with Crippen molar-refractivity contribution in [3.05, 3.63) is 18.0 Å². The summed E-state index contributed by atoms with van der Waals surface area (Å²) in [6, 6.07) is 1.55. The number of aromatic nitrogens is 1. The van der Waals surface area contributed by atoms with E-state index in [-0.39, 0.29) is 11.4 Å². The predicted molar refractivity (Wildman–Crippen MR) is 44.2 cm³/mol. The molecule has 0 saturated heterocycles. The highest BCUT2D eigenvalue weighted by Gasteiger charge is 2.05. The van der Waals surface area contributed by atoms with Crippen LogP contribution in [-0.4, -0.2) is 22.6 Å². The number of nitrogens with zero attached hydrogens (tertiary/aromatic N) is 1. The first-order valence-corrected chi connectivity index (χ1v) is 3.30. The van der Waals surface area contributed by atoms with Crippen LogP contribution in [0.2, 0.25) is 0 Å². The fourth-order valence-electron chi connectivity index (χ4n) is 0.676. The average Bonchev–Trinajstić information content (AvgIpc) is 2.05. The van der Waals surface area contributed by atoms with Gasteiger partial charge in [-0.3, -0.25) is 4.98 Å². The lowest BCUT2D eigenvalue weighted by Gasteiger charge is -2.02. The normalized spacial score (nSPS) is 9.18. The molecule has 1 aromatic rings. The number of thiocarbonyl (C=S) groups is 1. The fraction of sp³-hybridized carbons (Fsp3) is 0.143. The highest BCUT2D eigenvalue weighted by atomic mass is 32.1. The lowest BCUT2D eigenvalue weighted by molar-refractivity contribution is 0.371. The van der Waals surface area contributed by atoms with Crippen LogP contribution in [-0.2, 0) is 0 Å². The molecule has 11 heavy (non-hydrogen) atoms. The average molecular weight is 168 g/mol. The Morgan fingerprint density at radius 3 is 3.00 bits per heavy atom. The third-order valence-electron chi connectivity index (χ3n) is 1.20. The van der Waals surface area contributed by atoms with Crippen LogP contribution in [0.3, 0.4) is 0 Å². The number of rotatable bonds is 2. The van der Waals surface area contributed by atoms with Crippen LogP contribution in [0.1, 0.15) is 5.69 Å². The fourth-order valence-corrected chi connectivity index (χ4v) is 0.825. The smallest absolute Gasteiger partial charge is 0.185 e. The minimum absolute atomic E-state index is 0.0648. The summed E-state index contributed by atoms with van der Waals surface area (Å²) in [6.45, 7) is 0. The van der Waals surface area contributed by atoms with Gasteiger partial charge in [0.1, 0.15) is 5.69 Å². The summed E-state index contributed by atoms with van der Waals surface area (Å²) in [4.78, 5) is 3.76. The second-order valence-electron chi connectivity index (χ2n) is 1.81. The van der Waals surface area contributed by atoms with Crippen LogP contribution >= 0.6 is 12.2 Å². The Balaban J connectivity index is 3.20. The molecule has 0 saturated carbocycles. The maximum absolute atomic E-state index is 9.27. The quantitative estimate of drug-likeness (QED) is 0.669. The van der Waals surface area contributed by atoms with Crippen molar-refractivity contribution in [3.8, 4) is 11.5 Å². The van der Waals surface area contributed by atoms with Gasteiger partial charge in [-0.25, -0.2) is 0 Å². The lowest BCUT2D eigenvalue weighted by Crippen LogP contribution is -1.90. The third kappa shape index (κ3) is 1.46. The number of methoxy groups -OCH3 is 1. The van der Waals surface area contributed by atoms with Gasteiger partial charge in [-0.2, -0.15) is 0 Å². The van der Waals surface area contributed by atoms with Crippen molar-refractivity contribution in [2.75, 3.05) is 7.11 Å². The molecule has 0 aliphatic heterocycles. The van der Waals surface area contributed by atoms with Gasteiger partial charge in [-0.05, 0) is 0 Å². The van der Waals surface area contributed by atoms with Crippen molar-refractivity contribution in [2.45, 2.75) is 0 Å². The van der Waals surface area contributed by atoms with Crippen molar-refractivity contribution in [1.29, 1.82) is 0 Å². The molecule has 0 amide bonds. The number of hydrogen-bond donors (Lipinski definition) is 1. The molecule has 0 aliphatic rings. The minimum Gasteiger partial charge on any atom is -0.503 e. The molecule has 0 atom stereocenters. The summed E-state index contributed by atoms with van der Waals surface area (Å²) in [6.07, 6.45) is 1.49. The molecule has 1 heterocycles. The van der Waals surface area contributed by atoms with Crippen molar-refractivity contribution in [2.24, 2.45) is 0 Å². The van der Waals surface area contributed by atoms with E-state index in [1.54, 1.807) is 6.07 Å². The van der Waals surface area contributed by atoms with Crippen molar-refractivity contribution in [3.63, 3.8) is 0 Å². The van der Waals surface area contributed by atoms with E-state index >= 15 is 0 Å². The van der Waals surface area contributed by atoms with Crippen LogP contribution in [0.25, 0.3) is 0 Å². The summed E-state index contributed by atoms with van der Waals surface area (Å²) >= 11 is 4.49. The zero-order valence-corrected chi connectivity index (χ0v) is 6.68. The molecule has 1 radical (unpaired) electrons. The van der Waals surface area contributed by atoms with Gasteiger partial charge in [0.25, 0.3) is 0 Å². The van der Waals surface area contributed by atoms with E-state index in [1.807, 2.05) is 0 Å². The predicted octanol–water partition coefficient (Wildman–Crippen LogP) is 1.02. The zero-order valence-electron chi connectivity index (χ0n) is 5.87. The monoisotopic (exact) mass is 168 g/mol. The van der Waals surface area contributed by atoms with Crippen LogP contribution < -0.4 is 4.74 Å². The molecule has 3 nitrogen and oxygen atoms in total. The van der Waals surface area contributed by atoms with Gasteiger partial charge in [0.15, 0.2) is 11.5 Å². The van der Waals surface area contributed by atoms with Crippen molar-refractivity contribution in [1.82, 2.24) is 4.98 Å². The molecule has 1 N–H and O–H groups in total. The third-order valence-corrected chi connectivity index (χ3v) is 1.40. The summed E-state index contributed by atoms with van der Waals surface area (Å²) in [5.41, 5.74) is 0.236. The van der Waals surface area contributed by atoms with Gasteiger partial charge in [0, 0.05) is 12.3 Å². The van der Waals surface area contributed by atoms with Crippen LogP contribution in [0.15, 0.2) is 12.3 Å². The Bertz CT molecular complexity index is 275. The van der Waals surface area contributed by atoms with E-state index in [9.17, 15) is 5.11 Å². The summed E-state index contributed by atoms with van der Waals surface area (Å²) in [7, 11) is 1.46. The van der Waals surface area contributed by atoms with E-state index in [1.165, 1.54) is 13.3 Å². The number of aromatic hydroxyl groups is 1. The highest BCUT2D eigenvalue weighted by molar-refractivity contribution is 7.79.